The number of carbonyl (C=O) groups excluding carboxylic acids is 1. The number of hydrogen-bond donors (Lipinski definition) is 1. The molecule has 1 aromatic carbocycles. The van der Waals surface area contributed by atoms with Crippen molar-refractivity contribution in [2.24, 2.45) is 0 Å². The number of anilines is 2. The lowest BCUT2D eigenvalue weighted by molar-refractivity contribution is 0.0741. The molecule has 2 N–H and O–H groups in total. The summed E-state index contributed by atoms with van der Waals surface area (Å²) in [6, 6.07) is 11.3. The standard InChI is InChI=1S/C17H20N4O2.2ClH/c1-23-15-4-2-3-14(11-15)20-7-9-21(10-8-20)17(22)16-6-5-13(18)12-19-16;;/h2-6,11-12H,7-10,18H2,1H3;2*1H. The van der Waals surface area contributed by atoms with E-state index in [0.717, 1.165) is 24.5 Å². The molecule has 0 bridgehead atoms. The molecule has 3 rings (SSSR count). The highest BCUT2D eigenvalue weighted by Gasteiger charge is 2.23. The van der Waals surface area contributed by atoms with Crippen molar-refractivity contribution in [1.82, 2.24) is 9.88 Å². The van der Waals surface area contributed by atoms with Crippen molar-refractivity contribution >= 4 is 42.1 Å². The normalized spacial score (nSPS) is 13.5. The highest BCUT2D eigenvalue weighted by Crippen LogP contribution is 2.22. The van der Waals surface area contributed by atoms with Gasteiger partial charge in [-0.15, -0.1) is 24.8 Å². The number of nitrogens with two attached hydrogens (primary N) is 1. The Labute approximate surface area is 159 Å². The SMILES string of the molecule is COc1cccc(N2CCN(C(=O)c3ccc(N)cn3)CC2)c1.Cl.Cl. The van der Waals surface area contributed by atoms with Gasteiger partial charge in [0.15, 0.2) is 0 Å². The molecule has 0 atom stereocenters. The zero-order chi connectivity index (χ0) is 16.2. The van der Waals surface area contributed by atoms with Crippen LogP contribution in [-0.4, -0.2) is 49.1 Å². The predicted molar refractivity (Wildman–Crippen MR) is 104 cm³/mol. The number of hydrogen-bond acceptors (Lipinski definition) is 5. The zero-order valence-electron chi connectivity index (χ0n) is 13.9. The minimum Gasteiger partial charge on any atom is -0.497 e. The van der Waals surface area contributed by atoms with E-state index in [0.29, 0.717) is 24.5 Å². The summed E-state index contributed by atoms with van der Waals surface area (Å²) in [4.78, 5) is 20.6. The van der Waals surface area contributed by atoms with Crippen LogP contribution in [0.5, 0.6) is 5.75 Å². The molecule has 2 heterocycles. The molecule has 2 aromatic rings. The van der Waals surface area contributed by atoms with Crippen LogP contribution in [0.3, 0.4) is 0 Å². The molecule has 0 saturated carbocycles. The Hall–Kier alpha value is -2.18. The highest BCUT2D eigenvalue weighted by molar-refractivity contribution is 5.92. The fourth-order valence-electron chi connectivity index (χ4n) is 2.67. The second-order valence-electron chi connectivity index (χ2n) is 5.46. The largest absolute Gasteiger partial charge is 0.497 e. The van der Waals surface area contributed by atoms with Crippen molar-refractivity contribution in [2.75, 3.05) is 43.9 Å². The number of pyridine rings is 1. The molecule has 1 amide bonds. The third kappa shape index (κ3) is 4.90. The van der Waals surface area contributed by atoms with E-state index in [2.05, 4.69) is 16.0 Å². The lowest BCUT2D eigenvalue weighted by atomic mass is 10.2. The summed E-state index contributed by atoms with van der Waals surface area (Å²) in [7, 11) is 1.66. The monoisotopic (exact) mass is 384 g/mol. The van der Waals surface area contributed by atoms with Gasteiger partial charge in [-0.1, -0.05) is 6.07 Å². The summed E-state index contributed by atoms with van der Waals surface area (Å²) in [6.45, 7) is 2.91. The van der Waals surface area contributed by atoms with Crippen LogP contribution >= 0.6 is 24.8 Å². The van der Waals surface area contributed by atoms with Gasteiger partial charge in [0.2, 0.25) is 0 Å². The van der Waals surface area contributed by atoms with Gasteiger partial charge in [0, 0.05) is 37.9 Å². The summed E-state index contributed by atoms with van der Waals surface area (Å²) in [5.74, 6) is 0.794. The lowest BCUT2D eigenvalue weighted by Gasteiger charge is -2.36. The van der Waals surface area contributed by atoms with Gasteiger partial charge in [0.1, 0.15) is 11.4 Å². The van der Waals surface area contributed by atoms with E-state index in [1.807, 2.05) is 23.1 Å². The Bertz CT molecular complexity index is 689. The number of rotatable bonds is 3. The first kappa shape index (κ1) is 20.9. The van der Waals surface area contributed by atoms with E-state index in [9.17, 15) is 4.79 Å². The number of halogens is 2. The van der Waals surface area contributed by atoms with Crippen molar-refractivity contribution in [3.63, 3.8) is 0 Å². The molecule has 1 aromatic heterocycles. The second-order valence-corrected chi connectivity index (χ2v) is 5.46. The molecular weight excluding hydrogens is 363 g/mol. The Morgan fingerprint density at radius 3 is 2.44 bits per heavy atom. The number of benzene rings is 1. The summed E-state index contributed by atoms with van der Waals surface area (Å²) in [6.07, 6.45) is 1.51. The first-order valence-corrected chi connectivity index (χ1v) is 7.57. The van der Waals surface area contributed by atoms with Crippen molar-refractivity contribution in [3.05, 3.63) is 48.3 Å². The van der Waals surface area contributed by atoms with Gasteiger partial charge in [0.05, 0.1) is 19.0 Å². The molecule has 1 aliphatic heterocycles. The maximum Gasteiger partial charge on any atom is 0.272 e. The van der Waals surface area contributed by atoms with Crippen LogP contribution in [-0.2, 0) is 0 Å². The van der Waals surface area contributed by atoms with E-state index in [-0.39, 0.29) is 30.7 Å². The Balaban J connectivity index is 0.00000156. The third-order valence-electron chi connectivity index (χ3n) is 3.99. The maximum atomic E-state index is 12.4. The number of nitrogen functional groups attached to an aromatic ring is 1. The predicted octanol–water partition coefficient (Wildman–Crippen LogP) is 2.48. The van der Waals surface area contributed by atoms with Gasteiger partial charge >= 0.3 is 0 Å². The zero-order valence-corrected chi connectivity index (χ0v) is 15.6. The minimum absolute atomic E-state index is 0. The molecule has 25 heavy (non-hydrogen) atoms. The molecule has 0 radical (unpaired) electrons. The molecule has 8 heteroatoms. The number of methoxy groups -OCH3 is 1. The topological polar surface area (TPSA) is 71.7 Å². The van der Waals surface area contributed by atoms with Crippen LogP contribution in [0.4, 0.5) is 11.4 Å². The molecule has 1 aliphatic rings. The molecule has 1 saturated heterocycles. The molecule has 0 aliphatic carbocycles. The number of ether oxygens (including phenoxy) is 1. The first-order valence-electron chi connectivity index (χ1n) is 7.57. The Kier molecular flexibility index (Phi) is 7.80. The summed E-state index contributed by atoms with van der Waals surface area (Å²) in [5, 5.41) is 0. The first-order chi connectivity index (χ1) is 11.2. The van der Waals surface area contributed by atoms with Gasteiger partial charge in [-0.2, -0.15) is 0 Å². The lowest BCUT2D eigenvalue weighted by Crippen LogP contribution is -2.49. The molecule has 136 valence electrons. The van der Waals surface area contributed by atoms with Crippen LogP contribution in [0.1, 0.15) is 10.5 Å². The Morgan fingerprint density at radius 1 is 1.12 bits per heavy atom. The number of carbonyl (C=O) groups is 1. The summed E-state index contributed by atoms with van der Waals surface area (Å²) in [5.41, 5.74) is 7.72. The van der Waals surface area contributed by atoms with Crippen LogP contribution in [0.15, 0.2) is 42.6 Å². The van der Waals surface area contributed by atoms with Crippen LogP contribution in [0.2, 0.25) is 0 Å². The summed E-state index contributed by atoms with van der Waals surface area (Å²) < 4.78 is 5.26. The van der Waals surface area contributed by atoms with Gasteiger partial charge in [-0.25, -0.2) is 4.98 Å². The molecule has 6 nitrogen and oxygen atoms in total. The van der Waals surface area contributed by atoms with E-state index < -0.39 is 0 Å². The van der Waals surface area contributed by atoms with Crippen molar-refractivity contribution in [2.45, 2.75) is 0 Å². The van der Waals surface area contributed by atoms with E-state index in [1.54, 1.807) is 19.2 Å². The van der Waals surface area contributed by atoms with Crippen LogP contribution < -0.4 is 15.4 Å². The number of nitrogens with zero attached hydrogens (tertiary/aromatic N) is 3. The maximum absolute atomic E-state index is 12.4. The Morgan fingerprint density at radius 2 is 1.84 bits per heavy atom. The average Bonchev–Trinajstić information content (AvgIpc) is 2.62. The minimum atomic E-state index is -0.0460. The van der Waals surface area contributed by atoms with Crippen molar-refractivity contribution in [3.8, 4) is 5.75 Å². The number of aromatic nitrogens is 1. The van der Waals surface area contributed by atoms with Crippen molar-refractivity contribution in [1.29, 1.82) is 0 Å². The van der Waals surface area contributed by atoms with E-state index in [1.165, 1.54) is 6.20 Å². The van der Waals surface area contributed by atoms with Gasteiger partial charge in [-0.3, -0.25) is 4.79 Å². The summed E-state index contributed by atoms with van der Waals surface area (Å²) >= 11 is 0. The number of piperazine rings is 1. The highest BCUT2D eigenvalue weighted by atomic mass is 35.5. The third-order valence-corrected chi connectivity index (χ3v) is 3.99. The second kappa shape index (κ2) is 9.34. The van der Waals surface area contributed by atoms with Gasteiger partial charge in [-0.05, 0) is 24.3 Å². The van der Waals surface area contributed by atoms with Crippen molar-refractivity contribution < 1.29 is 9.53 Å². The molecular formula is C17H22Cl2N4O2. The van der Waals surface area contributed by atoms with E-state index >= 15 is 0 Å². The van der Waals surface area contributed by atoms with Crippen LogP contribution in [0.25, 0.3) is 0 Å². The molecule has 1 fully saturated rings. The quantitative estimate of drug-likeness (QED) is 0.879. The molecule has 0 spiro atoms. The fourth-order valence-corrected chi connectivity index (χ4v) is 2.67. The molecule has 0 unspecified atom stereocenters. The average molecular weight is 385 g/mol. The number of amides is 1. The smallest absolute Gasteiger partial charge is 0.272 e. The van der Waals surface area contributed by atoms with E-state index in [4.69, 9.17) is 10.5 Å². The fraction of sp³-hybridized carbons (Fsp3) is 0.294. The van der Waals surface area contributed by atoms with Crippen LogP contribution in [0, 0.1) is 0 Å². The van der Waals surface area contributed by atoms with Gasteiger partial charge in [0.25, 0.3) is 5.91 Å². The van der Waals surface area contributed by atoms with Gasteiger partial charge < -0.3 is 20.3 Å².